The molecule has 148 valence electrons. The minimum Gasteiger partial charge on any atom is -0.491 e. The number of Topliss-reactive ketones (excluding diaryl/α,β-unsaturated/α-hetero) is 1. The van der Waals surface area contributed by atoms with Crippen LogP contribution in [0.1, 0.15) is 11.1 Å². The van der Waals surface area contributed by atoms with Crippen LogP contribution in [-0.2, 0) is 16.0 Å². The summed E-state index contributed by atoms with van der Waals surface area (Å²) in [7, 11) is 3.58. The molecule has 1 aliphatic heterocycles. The Labute approximate surface area is 174 Å². The first kappa shape index (κ1) is 20.6. The van der Waals surface area contributed by atoms with Gasteiger partial charge in [-0.2, -0.15) is 5.26 Å². The maximum Gasteiger partial charge on any atom is 0.201 e. The molecule has 0 unspecified atom stereocenters. The van der Waals surface area contributed by atoms with E-state index in [1.165, 1.54) is 0 Å². The fraction of sp³-hybridized carbons (Fsp3) is 0.429. The van der Waals surface area contributed by atoms with Gasteiger partial charge >= 0.3 is 0 Å². The molecule has 1 fully saturated rings. The van der Waals surface area contributed by atoms with Gasteiger partial charge in [-0.15, -0.1) is 0 Å². The van der Waals surface area contributed by atoms with Crippen LogP contribution in [-0.4, -0.2) is 69.1 Å². The molecule has 2 aliphatic rings. The van der Waals surface area contributed by atoms with Crippen LogP contribution in [0.2, 0.25) is 0 Å². The molecule has 1 heterocycles. The number of ketones is 1. The van der Waals surface area contributed by atoms with Gasteiger partial charge in [-0.1, -0.05) is 0 Å². The van der Waals surface area contributed by atoms with Gasteiger partial charge in [0.05, 0.1) is 17.7 Å². The van der Waals surface area contributed by atoms with Crippen LogP contribution in [0.5, 0.6) is 5.75 Å². The number of halogens is 1. The number of hydrogen-bond acceptors (Lipinski definition) is 6. The number of morpholine rings is 1. The quantitative estimate of drug-likeness (QED) is 0.474. The number of carbonyl (C=O) groups excluding carboxylic acids is 1. The molecular weight excluding hydrogens is 422 g/mol. The highest BCUT2D eigenvalue weighted by atomic mass is 79.9. The second-order valence-corrected chi connectivity index (χ2v) is 7.93. The zero-order valence-electron chi connectivity index (χ0n) is 16.2. The van der Waals surface area contributed by atoms with Crippen LogP contribution in [0.25, 0.3) is 6.08 Å². The van der Waals surface area contributed by atoms with Crippen molar-refractivity contribution in [3.05, 3.63) is 45.1 Å². The maximum atomic E-state index is 12.7. The summed E-state index contributed by atoms with van der Waals surface area (Å²) < 4.78 is 12.2. The Bertz CT molecular complexity index is 849. The van der Waals surface area contributed by atoms with Crippen LogP contribution < -0.4 is 4.74 Å². The van der Waals surface area contributed by atoms with Gasteiger partial charge in [-0.25, -0.2) is 0 Å². The molecule has 7 heteroatoms. The molecule has 0 atom stereocenters. The zero-order chi connectivity index (χ0) is 20.1. The van der Waals surface area contributed by atoms with Crippen molar-refractivity contribution in [3.8, 4) is 11.8 Å². The molecule has 28 heavy (non-hydrogen) atoms. The van der Waals surface area contributed by atoms with Crippen molar-refractivity contribution >= 4 is 27.8 Å². The standard InChI is InChI=1S/C21H24BrN3O3/c1-24(2)14-18(13-23)21(26)17-9-15-11-19(22)20(12-16(15)10-17)28-8-5-25-3-6-27-7-4-25/h10-12,14H,3-9H2,1-2H3. The fourth-order valence-corrected chi connectivity index (χ4v) is 3.78. The first-order valence-electron chi connectivity index (χ1n) is 9.27. The summed E-state index contributed by atoms with van der Waals surface area (Å²) in [6.45, 7) is 4.87. The van der Waals surface area contributed by atoms with Crippen molar-refractivity contribution in [2.24, 2.45) is 0 Å². The molecule has 0 bridgehead atoms. The minimum absolute atomic E-state index is 0.144. The van der Waals surface area contributed by atoms with Crippen molar-refractivity contribution < 1.29 is 14.3 Å². The highest BCUT2D eigenvalue weighted by molar-refractivity contribution is 9.10. The number of hydrogen-bond donors (Lipinski definition) is 0. The Morgan fingerprint density at radius 2 is 2.14 bits per heavy atom. The van der Waals surface area contributed by atoms with Crippen molar-refractivity contribution in [3.63, 3.8) is 0 Å². The molecule has 6 nitrogen and oxygen atoms in total. The molecule has 0 spiro atoms. The fourth-order valence-electron chi connectivity index (χ4n) is 3.28. The lowest BCUT2D eigenvalue weighted by molar-refractivity contribution is -0.111. The van der Waals surface area contributed by atoms with Gasteiger partial charge in [0.2, 0.25) is 5.78 Å². The van der Waals surface area contributed by atoms with Gasteiger partial charge < -0.3 is 14.4 Å². The number of nitrogens with zero attached hydrogens (tertiary/aromatic N) is 3. The Hall–Kier alpha value is -2.14. The molecule has 1 aromatic carbocycles. The first-order valence-corrected chi connectivity index (χ1v) is 10.1. The average molecular weight is 446 g/mol. The second-order valence-electron chi connectivity index (χ2n) is 7.08. The lowest BCUT2D eigenvalue weighted by Crippen LogP contribution is -2.38. The summed E-state index contributed by atoms with van der Waals surface area (Å²) in [5.41, 5.74) is 2.79. The number of benzene rings is 1. The molecule has 0 saturated carbocycles. The molecule has 1 saturated heterocycles. The lowest BCUT2D eigenvalue weighted by atomic mass is 10.0. The van der Waals surface area contributed by atoms with Crippen LogP contribution in [0, 0.1) is 11.3 Å². The predicted octanol–water partition coefficient (Wildman–Crippen LogP) is 2.64. The van der Waals surface area contributed by atoms with Gasteiger partial charge in [0.15, 0.2) is 0 Å². The van der Waals surface area contributed by atoms with Crippen LogP contribution in [0.15, 0.2) is 34.0 Å². The number of allylic oxidation sites excluding steroid dienone is 2. The molecule has 0 amide bonds. The van der Waals surface area contributed by atoms with E-state index in [-0.39, 0.29) is 11.4 Å². The van der Waals surface area contributed by atoms with E-state index in [9.17, 15) is 10.1 Å². The molecule has 0 radical (unpaired) electrons. The summed E-state index contributed by atoms with van der Waals surface area (Å²) in [5.74, 6) is 0.541. The first-order chi connectivity index (χ1) is 13.5. The summed E-state index contributed by atoms with van der Waals surface area (Å²) in [5, 5.41) is 9.28. The van der Waals surface area contributed by atoms with Gasteiger partial charge in [0.25, 0.3) is 0 Å². The van der Waals surface area contributed by atoms with Gasteiger partial charge in [0, 0.05) is 51.9 Å². The summed E-state index contributed by atoms with van der Waals surface area (Å²) in [6, 6.07) is 5.96. The van der Waals surface area contributed by atoms with Crippen LogP contribution in [0.3, 0.4) is 0 Å². The Morgan fingerprint density at radius 1 is 1.39 bits per heavy atom. The highest BCUT2D eigenvalue weighted by Crippen LogP contribution is 2.35. The maximum absolute atomic E-state index is 12.7. The number of nitriles is 1. The Kier molecular flexibility index (Phi) is 6.89. The topological polar surface area (TPSA) is 65.8 Å². The molecule has 3 rings (SSSR count). The van der Waals surface area contributed by atoms with E-state index >= 15 is 0 Å². The molecule has 0 aromatic heterocycles. The summed E-state index contributed by atoms with van der Waals surface area (Å²) in [6.07, 6.45) is 3.94. The highest BCUT2D eigenvalue weighted by Gasteiger charge is 2.23. The van der Waals surface area contributed by atoms with E-state index in [0.717, 1.165) is 54.2 Å². The van der Waals surface area contributed by atoms with E-state index in [2.05, 4.69) is 20.8 Å². The van der Waals surface area contributed by atoms with Crippen LogP contribution >= 0.6 is 15.9 Å². The number of ether oxygens (including phenoxy) is 2. The molecule has 1 aliphatic carbocycles. The molecule has 1 aromatic rings. The summed E-state index contributed by atoms with van der Waals surface area (Å²) in [4.78, 5) is 16.7. The van der Waals surface area contributed by atoms with E-state index in [1.807, 2.05) is 24.3 Å². The minimum atomic E-state index is -0.224. The van der Waals surface area contributed by atoms with Crippen LogP contribution in [0.4, 0.5) is 0 Å². The zero-order valence-corrected chi connectivity index (χ0v) is 17.8. The Balaban J connectivity index is 1.68. The predicted molar refractivity (Wildman–Crippen MR) is 111 cm³/mol. The number of fused-ring (bicyclic) bond motifs is 1. The second kappa shape index (κ2) is 9.37. The van der Waals surface area contributed by atoms with Crippen molar-refractivity contribution in [2.75, 3.05) is 53.6 Å². The number of rotatable bonds is 7. The molecular formula is C21H24BrN3O3. The van der Waals surface area contributed by atoms with Gasteiger partial charge in [-0.3, -0.25) is 9.69 Å². The third kappa shape index (κ3) is 5.02. The normalized spacial score (nSPS) is 16.9. The molecule has 0 N–H and O–H groups in total. The summed E-state index contributed by atoms with van der Waals surface area (Å²) >= 11 is 3.57. The number of carbonyl (C=O) groups is 1. The van der Waals surface area contributed by atoms with Gasteiger partial charge in [0.1, 0.15) is 24.0 Å². The smallest absolute Gasteiger partial charge is 0.201 e. The third-order valence-electron chi connectivity index (χ3n) is 4.72. The largest absolute Gasteiger partial charge is 0.491 e. The van der Waals surface area contributed by atoms with E-state index < -0.39 is 0 Å². The van der Waals surface area contributed by atoms with Crippen molar-refractivity contribution in [1.29, 1.82) is 5.26 Å². The Morgan fingerprint density at radius 3 is 2.82 bits per heavy atom. The van der Waals surface area contributed by atoms with E-state index in [1.54, 1.807) is 25.2 Å². The van der Waals surface area contributed by atoms with Gasteiger partial charge in [-0.05, 0) is 45.3 Å². The van der Waals surface area contributed by atoms with E-state index in [0.29, 0.717) is 18.6 Å². The van der Waals surface area contributed by atoms with Crippen molar-refractivity contribution in [1.82, 2.24) is 9.80 Å². The van der Waals surface area contributed by atoms with Crippen molar-refractivity contribution in [2.45, 2.75) is 6.42 Å². The lowest BCUT2D eigenvalue weighted by Gasteiger charge is -2.26. The monoisotopic (exact) mass is 445 g/mol. The SMILES string of the molecule is CN(C)C=C(C#N)C(=O)C1=Cc2cc(OCCN3CCOCC3)c(Br)cc2C1. The average Bonchev–Trinajstić information content (AvgIpc) is 3.09. The van der Waals surface area contributed by atoms with E-state index in [4.69, 9.17) is 9.47 Å². The third-order valence-corrected chi connectivity index (χ3v) is 5.34.